The van der Waals surface area contributed by atoms with Crippen LogP contribution >= 0.6 is 0 Å². The maximum Gasteiger partial charge on any atom is 0.0471 e. The topological polar surface area (TPSA) is 28.7 Å². The number of nitrogens with one attached hydrogen (secondary N) is 1. The zero-order valence-corrected chi connectivity index (χ0v) is 15.8. The highest BCUT2D eigenvalue weighted by Gasteiger charge is 2.12. The van der Waals surface area contributed by atoms with E-state index in [1.807, 2.05) is 12.3 Å². The first-order valence-corrected chi connectivity index (χ1v) is 9.81. The highest BCUT2D eigenvalue weighted by atomic mass is 14.7. The van der Waals surface area contributed by atoms with Gasteiger partial charge in [-0.1, -0.05) is 72.8 Å². The summed E-state index contributed by atoms with van der Waals surface area (Å²) in [7, 11) is 0. The molecule has 1 N–H and O–H groups in total. The lowest BCUT2D eigenvalue weighted by atomic mass is 9.93. The number of H-pyrrole nitrogens is 1. The van der Waals surface area contributed by atoms with Gasteiger partial charge in [0.15, 0.2) is 0 Å². The second-order valence-electron chi connectivity index (χ2n) is 7.38. The maximum atomic E-state index is 4.24. The van der Waals surface area contributed by atoms with E-state index >= 15 is 0 Å². The number of hydrogen-bond donors (Lipinski definition) is 1. The first-order valence-electron chi connectivity index (χ1n) is 9.81. The molecule has 0 spiro atoms. The van der Waals surface area contributed by atoms with Gasteiger partial charge < -0.3 is 4.98 Å². The third-order valence-corrected chi connectivity index (χ3v) is 5.70. The summed E-state index contributed by atoms with van der Waals surface area (Å²) in [4.78, 5) is 7.81. The Morgan fingerprint density at radius 1 is 0.552 bits per heavy atom. The number of fused-ring (bicyclic) bond motifs is 5. The molecule has 2 aromatic heterocycles. The van der Waals surface area contributed by atoms with Crippen LogP contribution in [0.15, 0.2) is 103 Å². The van der Waals surface area contributed by atoms with Crippen LogP contribution in [0, 0.1) is 0 Å². The van der Waals surface area contributed by atoms with Gasteiger partial charge in [-0.05, 0) is 51.2 Å². The van der Waals surface area contributed by atoms with Crippen molar-refractivity contribution in [1.82, 2.24) is 9.97 Å². The van der Waals surface area contributed by atoms with E-state index in [1.54, 1.807) is 6.20 Å². The Hall–Kier alpha value is -3.91. The van der Waals surface area contributed by atoms with Crippen LogP contribution in [0.2, 0.25) is 0 Å². The van der Waals surface area contributed by atoms with Crippen LogP contribution in [0.5, 0.6) is 0 Å². The molecule has 0 unspecified atom stereocenters. The zero-order valence-electron chi connectivity index (χ0n) is 15.8. The average Bonchev–Trinajstić information content (AvgIpc) is 3.18. The minimum Gasteiger partial charge on any atom is -0.354 e. The molecule has 0 saturated heterocycles. The fraction of sp³-hybridized carbons (Fsp3) is 0. The summed E-state index contributed by atoms with van der Waals surface area (Å²) < 4.78 is 0. The lowest BCUT2D eigenvalue weighted by molar-refractivity contribution is 1.33. The fourth-order valence-corrected chi connectivity index (χ4v) is 4.33. The van der Waals surface area contributed by atoms with Gasteiger partial charge in [-0.25, -0.2) is 0 Å². The van der Waals surface area contributed by atoms with E-state index < -0.39 is 0 Å². The normalized spacial score (nSPS) is 11.4. The molecule has 0 atom stereocenters. The third-order valence-electron chi connectivity index (χ3n) is 5.70. The van der Waals surface area contributed by atoms with Crippen molar-refractivity contribution in [2.24, 2.45) is 0 Å². The quantitative estimate of drug-likeness (QED) is 0.343. The molecule has 0 aliphatic carbocycles. The lowest BCUT2D eigenvalue weighted by Gasteiger charge is -2.10. The van der Waals surface area contributed by atoms with Crippen LogP contribution < -0.4 is 0 Å². The van der Waals surface area contributed by atoms with Gasteiger partial charge in [0, 0.05) is 34.2 Å². The van der Waals surface area contributed by atoms with Crippen molar-refractivity contribution in [3.63, 3.8) is 0 Å². The van der Waals surface area contributed by atoms with Crippen molar-refractivity contribution in [2.45, 2.75) is 0 Å². The van der Waals surface area contributed by atoms with Crippen molar-refractivity contribution in [3.8, 4) is 22.3 Å². The van der Waals surface area contributed by atoms with E-state index in [4.69, 9.17) is 0 Å². The summed E-state index contributed by atoms with van der Waals surface area (Å²) in [5.74, 6) is 0. The number of benzene rings is 4. The Morgan fingerprint density at radius 3 is 2.28 bits per heavy atom. The number of nitrogens with zero attached hydrogens (tertiary/aromatic N) is 1. The van der Waals surface area contributed by atoms with Gasteiger partial charge in [-0.2, -0.15) is 0 Å². The van der Waals surface area contributed by atoms with Crippen LogP contribution in [0.3, 0.4) is 0 Å². The van der Waals surface area contributed by atoms with E-state index in [-0.39, 0.29) is 0 Å². The van der Waals surface area contributed by atoms with Gasteiger partial charge in [0.1, 0.15) is 0 Å². The average molecular weight is 370 g/mol. The summed E-state index contributed by atoms with van der Waals surface area (Å²) in [6, 6.07) is 32.4. The molecule has 4 aromatic carbocycles. The number of pyridine rings is 1. The first kappa shape index (κ1) is 16.1. The molecule has 6 aromatic rings. The first-order chi connectivity index (χ1) is 14.4. The SMILES string of the molecule is c1cncc(-c2ccc(-c3cccc4ccc5[nH]c6ccccc6c5c34)cc2)c1. The summed E-state index contributed by atoms with van der Waals surface area (Å²) >= 11 is 0. The maximum absolute atomic E-state index is 4.24. The number of para-hydroxylation sites is 1. The van der Waals surface area contributed by atoms with E-state index in [0.29, 0.717) is 0 Å². The number of hydrogen-bond acceptors (Lipinski definition) is 1. The largest absolute Gasteiger partial charge is 0.354 e. The van der Waals surface area contributed by atoms with Crippen molar-refractivity contribution in [2.75, 3.05) is 0 Å². The van der Waals surface area contributed by atoms with Crippen LogP contribution in [0.25, 0.3) is 54.8 Å². The van der Waals surface area contributed by atoms with Gasteiger partial charge >= 0.3 is 0 Å². The van der Waals surface area contributed by atoms with Gasteiger partial charge in [0.2, 0.25) is 0 Å². The predicted molar refractivity (Wildman–Crippen MR) is 122 cm³/mol. The number of aromatic nitrogens is 2. The fourth-order valence-electron chi connectivity index (χ4n) is 4.33. The van der Waals surface area contributed by atoms with Gasteiger partial charge in [0.05, 0.1) is 0 Å². The highest BCUT2D eigenvalue weighted by Crippen LogP contribution is 2.38. The summed E-state index contributed by atoms with van der Waals surface area (Å²) in [5, 5.41) is 5.13. The van der Waals surface area contributed by atoms with E-state index in [0.717, 1.165) is 5.56 Å². The smallest absolute Gasteiger partial charge is 0.0471 e. The molecule has 0 fully saturated rings. The Balaban J connectivity index is 1.61. The van der Waals surface area contributed by atoms with Gasteiger partial charge in [-0.15, -0.1) is 0 Å². The van der Waals surface area contributed by atoms with Crippen LogP contribution in [0.4, 0.5) is 0 Å². The molecule has 0 aliphatic rings. The van der Waals surface area contributed by atoms with Crippen molar-refractivity contribution in [3.05, 3.63) is 103 Å². The molecular formula is C27H18N2. The molecule has 6 rings (SSSR count). The van der Waals surface area contributed by atoms with Crippen LogP contribution in [0.1, 0.15) is 0 Å². The molecule has 0 amide bonds. The van der Waals surface area contributed by atoms with E-state index in [1.165, 1.54) is 49.3 Å². The van der Waals surface area contributed by atoms with Gasteiger partial charge in [0.25, 0.3) is 0 Å². The zero-order chi connectivity index (χ0) is 19.2. The number of aromatic amines is 1. The molecule has 0 aliphatic heterocycles. The van der Waals surface area contributed by atoms with Crippen LogP contribution in [-0.4, -0.2) is 9.97 Å². The Morgan fingerprint density at radius 2 is 1.41 bits per heavy atom. The minimum atomic E-state index is 1.14. The molecule has 0 saturated carbocycles. The van der Waals surface area contributed by atoms with Crippen LogP contribution in [-0.2, 0) is 0 Å². The molecule has 136 valence electrons. The third kappa shape index (κ3) is 2.54. The molecule has 0 radical (unpaired) electrons. The van der Waals surface area contributed by atoms with E-state index in [2.05, 4.69) is 94.9 Å². The van der Waals surface area contributed by atoms with E-state index in [9.17, 15) is 0 Å². The Kier molecular flexibility index (Phi) is 3.50. The lowest BCUT2D eigenvalue weighted by Crippen LogP contribution is -1.84. The monoisotopic (exact) mass is 370 g/mol. The molecule has 2 heterocycles. The highest BCUT2D eigenvalue weighted by molar-refractivity contribution is 6.23. The Labute approximate surface area is 168 Å². The summed E-state index contributed by atoms with van der Waals surface area (Å²) in [6.45, 7) is 0. The summed E-state index contributed by atoms with van der Waals surface area (Å²) in [6.07, 6.45) is 3.71. The standard InChI is InChI=1S/C27H18N2/c1-2-9-24-23(7-1)27-25(29-24)15-14-20-5-3-8-22(26(20)27)19-12-10-18(11-13-19)21-6-4-16-28-17-21/h1-17,29H. The molecule has 2 heteroatoms. The number of rotatable bonds is 2. The molecule has 0 bridgehead atoms. The predicted octanol–water partition coefficient (Wildman–Crippen LogP) is 7.20. The minimum absolute atomic E-state index is 1.14. The summed E-state index contributed by atoms with van der Waals surface area (Å²) in [5.41, 5.74) is 7.15. The molecule has 29 heavy (non-hydrogen) atoms. The van der Waals surface area contributed by atoms with Crippen molar-refractivity contribution in [1.29, 1.82) is 0 Å². The molecular weight excluding hydrogens is 352 g/mol. The van der Waals surface area contributed by atoms with Crippen molar-refractivity contribution < 1.29 is 0 Å². The van der Waals surface area contributed by atoms with Crippen molar-refractivity contribution >= 4 is 32.6 Å². The second-order valence-corrected chi connectivity index (χ2v) is 7.38. The Bertz CT molecular complexity index is 1480. The second kappa shape index (κ2) is 6.32. The molecule has 2 nitrogen and oxygen atoms in total. The van der Waals surface area contributed by atoms with Gasteiger partial charge in [-0.3, -0.25) is 4.98 Å².